The van der Waals surface area contributed by atoms with Crippen molar-refractivity contribution < 1.29 is 19.2 Å². The second-order valence-electron chi connectivity index (χ2n) is 13.4. The number of thiophene rings is 1. The molecule has 3 aromatic rings. The third-order valence-corrected chi connectivity index (χ3v) is 11.1. The summed E-state index contributed by atoms with van der Waals surface area (Å²) in [5.74, 6) is 0.145. The van der Waals surface area contributed by atoms with Crippen LogP contribution in [-0.4, -0.2) is 91.6 Å². The Balaban J connectivity index is 1.22. The Bertz CT molecular complexity index is 1780. The van der Waals surface area contributed by atoms with Crippen LogP contribution in [0.4, 0.5) is 21.3 Å². The smallest absolute Gasteiger partial charge is 0.410 e. The summed E-state index contributed by atoms with van der Waals surface area (Å²) in [6, 6.07) is 16.0. The van der Waals surface area contributed by atoms with Gasteiger partial charge < -0.3 is 40.6 Å². The fourth-order valence-corrected chi connectivity index (χ4v) is 8.31. The highest BCUT2D eigenvalue weighted by Gasteiger charge is 2.45. The molecule has 0 spiro atoms. The van der Waals surface area contributed by atoms with E-state index in [9.17, 15) is 14.9 Å². The van der Waals surface area contributed by atoms with Crippen molar-refractivity contribution in [3.63, 3.8) is 0 Å². The van der Waals surface area contributed by atoms with E-state index in [2.05, 4.69) is 46.0 Å². The van der Waals surface area contributed by atoms with E-state index in [1.165, 1.54) is 11.3 Å². The lowest BCUT2D eigenvalue weighted by Crippen LogP contribution is -2.52. The summed E-state index contributed by atoms with van der Waals surface area (Å²) in [4.78, 5) is 46.4. The van der Waals surface area contributed by atoms with Gasteiger partial charge >= 0.3 is 12.1 Å². The first-order valence-electron chi connectivity index (χ1n) is 17.2. The van der Waals surface area contributed by atoms with E-state index in [0.717, 1.165) is 60.8 Å². The number of ether oxygens (including phenoxy) is 1. The number of benzene rings is 1. The Labute approximate surface area is 297 Å². The molecule has 4 N–H and O–H groups in total. The molecule has 1 unspecified atom stereocenters. The van der Waals surface area contributed by atoms with E-state index < -0.39 is 11.4 Å². The number of oxime groups is 1. The minimum atomic E-state index is -1.08. The van der Waals surface area contributed by atoms with Gasteiger partial charge in [-0.2, -0.15) is 5.26 Å². The molecule has 2 aliphatic heterocycles. The number of fused-ring (bicyclic) bond motifs is 1. The van der Waals surface area contributed by atoms with Crippen LogP contribution in [0.2, 0.25) is 0 Å². The Morgan fingerprint density at radius 1 is 1.14 bits per heavy atom. The van der Waals surface area contributed by atoms with Gasteiger partial charge in [-0.3, -0.25) is 0 Å². The van der Waals surface area contributed by atoms with Crippen LogP contribution in [0.3, 0.4) is 0 Å². The Morgan fingerprint density at radius 2 is 1.90 bits per heavy atom. The van der Waals surface area contributed by atoms with Crippen LogP contribution in [0.5, 0.6) is 0 Å². The first-order chi connectivity index (χ1) is 24.1. The van der Waals surface area contributed by atoms with Crippen molar-refractivity contribution in [1.29, 1.82) is 5.26 Å². The molecule has 2 saturated heterocycles. The number of nitriles is 1. The van der Waals surface area contributed by atoms with Gasteiger partial charge in [0, 0.05) is 74.0 Å². The van der Waals surface area contributed by atoms with Crippen molar-refractivity contribution in [2.24, 2.45) is 10.9 Å². The maximum atomic E-state index is 13.6. The fourth-order valence-electron chi connectivity index (χ4n) is 7.12. The van der Waals surface area contributed by atoms with Gasteiger partial charge in [0.25, 0.3) is 0 Å². The third-order valence-electron chi connectivity index (χ3n) is 10.0. The summed E-state index contributed by atoms with van der Waals surface area (Å²) in [5, 5.41) is 14.3. The van der Waals surface area contributed by atoms with Gasteiger partial charge in [0.05, 0.1) is 11.0 Å². The van der Waals surface area contributed by atoms with E-state index in [0.29, 0.717) is 54.4 Å². The molecule has 14 heteroatoms. The van der Waals surface area contributed by atoms with E-state index >= 15 is 0 Å². The van der Waals surface area contributed by atoms with Crippen LogP contribution in [0.25, 0.3) is 0 Å². The molecule has 2 atom stereocenters. The highest BCUT2D eigenvalue weighted by molar-refractivity contribution is 7.16. The number of nitrogens with two attached hydrogens (primary N) is 2. The predicted octanol–water partition coefficient (Wildman–Crippen LogP) is 4.04. The average Bonchev–Trinajstić information content (AvgIpc) is 3.48. The number of amidine groups is 1. The highest BCUT2D eigenvalue weighted by atomic mass is 32.1. The topological polar surface area (TPSA) is 167 Å². The number of likely N-dealkylation sites (N-methyl/N-ethyl adjacent to an activating group) is 1. The van der Waals surface area contributed by atoms with Gasteiger partial charge in [0.1, 0.15) is 29.2 Å². The molecule has 2 aromatic heterocycles. The van der Waals surface area contributed by atoms with Crippen LogP contribution < -0.4 is 21.3 Å². The van der Waals surface area contributed by atoms with E-state index in [4.69, 9.17) is 26.0 Å². The van der Waals surface area contributed by atoms with Crippen LogP contribution in [0, 0.1) is 11.3 Å². The summed E-state index contributed by atoms with van der Waals surface area (Å²) >= 11 is 1.35. The van der Waals surface area contributed by atoms with E-state index in [-0.39, 0.29) is 24.6 Å². The lowest BCUT2D eigenvalue weighted by atomic mass is 9.72. The number of rotatable bonds is 8. The fraction of sp³-hybridized carbons (Fsp3) is 0.472. The van der Waals surface area contributed by atoms with Crippen molar-refractivity contribution in [1.82, 2.24) is 14.8 Å². The van der Waals surface area contributed by atoms with Crippen LogP contribution >= 0.6 is 11.3 Å². The lowest BCUT2D eigenvalue weighted by Gasteiger charge is -2.41. The van der Waals surface area contributed by atoms with Crippen LogP contribution in [0.15, 0.2) is 47.6 Å². The molecule has 0 saturated carbocycles. The SMILES string of the molecule is CC[C@H]1CN(C)CCN1c1cc(N2CCN(C(=O)OCc3ccccc3)CC2)cc(/C(N)=N/OC(=O)C2(C)CCCc3sc(N)c(C#N)c32)n1. The number of anilines is 3. The molecule has 0 radical (unpaired) electrons. The molecule has 50 heavy (non-hydrogen) atoms. The molecule has 1 amide bonds. The zero-order valence-electron chi connectivity index (χ0n) is 28.9. The normalized spacial score (nSPS) is 21.4. The molecule has 13 nitrogen and oxygen atoms in total. The first kappa shape index (κ1) is 35.0. The van der Waals surface area contributed by atoms with Crippen molar-refractivity contribution in [3.8, 4) is 6.07 Å². The molecular formula is C36H45N9O4S. The molecule has 1 aromatic carbocycles. The maximum absolute atomic E-state index is 13.6. The third kappa shape index (κ3) is 7.20. The Morgan fingerprint density at radius 3 is 2.62 bits per heavy atom. The number of nitrogen functional groups attached to an aromatic ring is 1. The number of aryl methyl sites for hydroxylation is 1. The zero-order valence-corrected chi connectivity index (χ0v) is 29.7. The second-order valence-corrected chi connectivity index (χ2v) is 14.5. The lowest BCUT2D eigenvalue weighted by molar-refractivity contribution is -0.150. The summed E-state index contributed by atoms with van der Waals surface area (Å²) < 4.78 is 5.57. The Kier molecular flexibility index (Phi) is 10.4. The van der Waals surface area contributed by atoms with Gasteiger partial charge in [-0.15, -0.1) is 11.3 Å². The van der Waals surface area contributed by atoms with Crippen molar-refractivity contribution in [2.45, 2.75) is 57.6 Å². The predicted molar refractivity (Wildman–Crippen MR) is 194 cm³/mol. The number of hydrogen-bond donors (Lipinski definition) is 2. The number of nitrogens with zero attached hydrogens (tertiary/aromatic N) is 7. The zero-order chi connectivity index (χ0) is 35.4. The standard InChI is InChI=1S/C36H45N9O4S/c1-4-25-22-42(3)13-18-45(25)30-20-26(43-14-16-44(17-15-43)35(47)48-23-24-9-6-5-7-10-24)19-28(40-30)32(38)41-49-34(46)36(2)12-8-11-29-31(36)27(21-37)33(39)50-29/h5-7,9-10,19-20,25H,4,8,11-18,22-23,39H2,1-3H3,(H2,38,41)/t25-,36?/m0/s1. The summed E-state index contributed by atoms with van der Waals surface area (Å²) in [6.07, 6.45) is 2.63. The quantitative estimate of drug-likeness (QED) is 0.151. The first-order valence-corrected chi connectivity index (χ1v) is 18.0. The van der Waals surface area contributed by atoms with Crippen molar-refractivity contribution in [2.75, 3.05) is 68.4 Å². The van der Waals surface area contributed by atoms with Gasteiger partial charge in [-0.05, 0) is 51.3 Å². The van der Waals surface area contributed by atoms with Crippen molar-refractivity contribution >= 4 is 45.7 Å². The summed E-state index contributed by atoms with van der Waals surface area (Å²) in [5.41, 5.74) is 14.8. The van der Waals surface area contributed by atoms with Gasteiger partial charge in [-0.1, -0.05) is 42.4 Å². The number of carbonyl (C=O) groups is 2. The molecule has 6 rings (SSSR count). The minimum absolute atomic E-state index is 0.0308. The molecule has 264 valence electrons. The number of piperazine rings is 2. The Hall–Kier alpha value is -4.87. The monoisotopic (exact) mass is 699 g/mol. The molecular weight excluding hydrogens is 655 g/mol. The van der Waals surface area contributed by atoms with Crippen molar-refractivity contribution in [3.05, 3.63) is 69.7 Å². The van der Waals surface area contributed by atoms with Crippen LogP contribution in [0.1, 0.15) is 60.4 Å². The minimum Gasteiger partial charge on any atom is -0.445 e. The largest absolute Gasteiger partial charge is 0.445 e. The summed E-state index contributed by atoms with van der Waals surface area (Å²) in [6.45, 7) is 8.92. The number of amides is 1. The van der Waals surface area contributed by atoms with E-state index in [1.54, 1.807) is 11.8 Å². The van der Waals surface area contributed by atoms with E-state index in [1.807, 2.05) is 36.4 Å². The molecule has 2 fully saturated rings. The number of hydrogen-bond acceptors (Lipinski definition) is 12. The maximum Gasteiger partial charge on any atom is 0.410 e. The van der Waals surface area contributed by atoms with Gasteiger partial charge in [-0.25, -0.2) is 14.6 Å². The van der Waals surface area contributed by atoms with Gasteiger partial charge in [0.2, 0.25) is 0 Å². The highest BCUT2D eigenvalue weighted by Crippen LogP contribution is 2.46. The molecule has 4 heterocycles. The number of aromatic nitrogens is 1. The number of carbonyl (C=O) groups excluding carboxylic acids is 2. The van der Waals surface area contributed by atoms with Gasteiger partial charge in [0.15, 0.2) is 5.84 Å². The second kappa shape index (κ2) is 14.9. The molecule has 0 bridgehead atoms. The molecule has 1 aliphatic carbocycles. The average molecular weight is 700 g/mol. The summed E-state index contributed by atoms with van der Waals surface area (Å²) in [7, 11) is 2.12. The van der Waals surface area contributed by atoms with Crippen LogP contribution in [-0.2, 0) is 32.8 Å². The number of pyridine rings is 1. The molecule has 3 aliphatic rings.